The highest BCUT2D eigenvalue weighted by molar-refractivity contribution is 7.98. The van der Waals surface area contributed by atoms with E-state index in [1.165, 1.54) is 11.1 Å². The van der Waals surface area contributed by atoms with Crippen LogP contribution in [0.1, 0.15) is 29.9 Å². The molecule has 180 valence electrons. The van der Waals surface area contributed by atoms with Crippen molar-refractivity contribution >= 4 is 34.3 Å². The molecule has 5 rings (SSSR count). The summed E-state index contributed by atoms with van der Waals surface area (Å²) in [6, 6.07) is 31.7. The third kappa shape index (κ3) is 5.26. The van der Waals surface area contributed by atoms with Gasteiger partial charge in [0.05, 0.1) is 11.7 Å². The number of hydrogen-bond donors (Lipinski definition) is 2. The first-order valence-electron chi connectivity index (χ1n) is 11.8. The van der Waals surface area contributed by atoms with E-state index < -0.39 is 0 Å². The van der Waals surface area contributed by atoms with Crippen LogP contribution in [0.15, 0.2) is 102 Å². The van der Waals surface area contributed by atoms with Crippen molar-refractivity contribution in [3.8, 4) is 5.69 Å². The molecule has 2 N–H and O–H groups in total. The van der Waals surface area contributed by atoms with Gasteiger partial charge < -0.3 is 10.6 Å². The molecule has 1 unspecified atom stereocenters. The van der Waals surface area contributed by atoms with Crippen molar-refractivity contribution in [2.24, 2.45) is 0 Å². The molecule has 6 nitrogen and oxygen atoms in total. The molecule has 0 radical (unpaired) electrons. The van der Waals surface area contributed by atoms with E-state index in [9.17, 15) is 4.79 Å². The van der Waals surface area contributed by atoms with Crippen LogP contribution in [-0.4, -0.2) is 20.8 Å². The van der Waals surface area contributed by atoms with Crippen LogP contribution in [0.5, 0.6) is 0 Å². The Kier molecular flexibility index (Phi) is 7.00. The van der Waals surface area contributed by atoms with Gasteiger partial charge >= 0.3 is 6.03 Å². The fourth-order valence-electron chi connectivity index (χ4n) is 4.07. The van der Waals surface area contributed by atoms with E-state index in [4.69, 9.17) is 0 Å². The Balaban J connectivity index is 1.38. The van der Waals surface area contributed by atoms with Crippen LogP contribution in [0, 0.1) is 6.92 Å². The molecule has 36 heavy (non-hydrogen) atoms. The summed E-state index contributed by atoms with van der Waals surface area (Å²) in [5.41, 5.74) is 4.10. The number of nitrogens with zero attached hydrogens (tertiary/aromatic N) is 3. The molecule has 0 spiro atoms. The average molecular weight is 494 g/mol. The Bertz CT molecular complexity index is 1480. The molecule has 1 aromatic heterocycles. The van der Waals surface area contributed by atoms with Crippen molar-refractivity contribution in [3.05, 3.63) is 114 Å². The van der Waals surface area contributed by atoms with E-state index in [1.807, 2.05) is 72.2 Å². The molecule has 0 bridgehead atoms. The fourth-order valence-corrected chi connectivity index (χ4v) is 4.98. The monoisotopic (exact) mass is 493 g/mol. The summed E-state index contributed by atoms with van der Waals surface area (Å²) in [5, 5.41) is 17.8. The predicted octanol–water partition coefficient (Wildman–Crippen LogP) is 6.90. The summed E-state index contributed by atoms with van der Waals surface area (Å²) in [6.07, 6.45) is 0. The standard InChI is InChI=1S/C29H27N5OS/c1-20-15-17-24(18-16-20)34-27(32-33-29(34)36-19-22-9-4-3-5-10-22)21(2)30-28(35)31-26-14-8-12-23-11-6-7-13-25(23)26/h3-18,21H,19H2,1-2H3,(H2,30,31,35). The Labute approximate surface area is 214 Å². The normalized spacial score (nSPS) is 11.8. The van der Waals surface area contributed by atoms with Crippen LogP contribution in [0.3, 0.4) is 0 Å². The van der Waals surface area contributed by atoms with Crippen molar-refractivity contribution in [2.75, 3.05) is 5.32 Å². The zero-order valence-corrected chi connectivity index (χ0v) is 21.0. The number of hydrogen-bond acceptors (Lipinski definition) is 4. The van der Waals surface area contributed by atoms with Crippen LogP contribution in [-0.2, 0) is 5.75 Å². The minimum atomic E-state index is -0.375. The predicted molar refractivity (Wildman–Crippen MR) is 147 cm³/mol. The van der Waals surface area contributed by atoms with Crippen molar-refractivity contribution in [1.82, 2.24) is 20.1 Å². The molecule has 0 saturated heterocycles. The number of thioether (sulfide) groups is 1. The number of urea groups is 1. The van der Waals surface area contributed by atoms with Crippen molar-refractivity contribution in [1.29, 1.82) is 0 Å². The number of aryl methyl sites for hydroxylation is 1. The highest BCUT2D eigenvalue weighted by atomic mass is 32.2. The maximum atomic E-state index is 13.0. The maximum absolute atomic E-state index is 13.0. The number of benzene rings is 4. The largest absolute Gasteiger partial charge is 0.328 e. The number of anilines is 1. The van der Waals surface area contributed by atoms with Gasteiger partial charge in [-0.25, -0.2) is 4.79 Å². The number of amides is 2. The summed E-state index contributed by atoms with van der Waals surface area (Å²) in [6.45, 7) is 3.98. The summed E-state index contributed by atoms with van der Waals surface area (Å²) >= 11 is 1.62. The van der Waals surface area contributed by atoms with Crippen LogP contribution < -0.4 is 10.6 Å². The second-order valence-electron chi connectivity index (χ2n) is 8.63. The van der Waals surface area contributed by atoms with Crippen molar-refractivity contribution in [2.45, 2.75) is 30.8 Å². The highest BCUT2D eigenvalue weighted by Crippen LogP contribution is 2.28. The topological polar surface area (TPSA) is 71.8 Å². The Morgan fingerprint density at radius 1 is 0.889 bits per heavy atom. The second kappa shape index (κ2) is 10.7. The molecular formula is C29H27N5OS. The van der Waals surface area contributed by atoms with Gasteiger partial charge in [0.15, 0.2) is 11.0 Å². The van der Waals surface area contributed by atoms with Gasteiger partial charge in [-0.1, -0.05) is 96.2 Å². The zero-order valence-electron chi connectivity index (χ0n) is 20.2. The van der Waals surface area contributed by atoms with Crippen LogP contribution in [0.2, 0.25) is 0 Å². The quantitative estimate of drug-likeness (QED) is 0.242. The molecule has 0 aliphatic rings. The minimum Gasteiger partial charge on any atom is -0.328 e. The number of rotatable bonds is 7. The van der Waals surface area contributed by atoms with Crippen LogP contribution in [0.25, 0.3) is 16.5 Å². The van der Waals surface area contributed by atoms with E-state index in [1.54, 1.807) is 11.8 Å². The van der Waals surface area contributed by atoms with E-state index in [0.717, 1.165) is 33.1 Å². The SMILES string of the molecule is Cc1ccc(-n2c(SCc3ccccc3)nnc2C(C)NC(=O)Nc2cccc3ccccc23)cc1. The minimum absolute atomic E-state index is 0.296. The Morgan fingerprint density at radius 2 is 1.61 bits per heavy atom. The van der Waals surface area contributed by atoms with E-state index in [-0.39, 0.29) is 12.1 Å². The number of nitrogens with one attached hydrogen (secondary N) is 2. The van der Waals surface area contributed by atoms with Gasteiger partial charge in [0, 0.05) is 16.8 Å². The molecule has 7 heteroatoms. The maximum Gasteiger partial charge on any atom is 0.319 e. The summed E-state index contributed by atoms with van der Waals surface area (Å²) in [5.74, 6) is 1.44. The highest BCUT2D eigenvalue weighted by Gasteiger charge is 2.21. The smallest absolute Gasteiger partial charge is 0.319 e. The molecule has 0 fully saturated rings. The fraction of sp³-hybridized carbons (Fsp3) is 0.138. The lowest BCUT2D eigenvalue weighted by Gasteiger charge is -2.17. The molecule has 0 aliphatic carbocycles. The van der Waals surface area contributed by atoms with Gasteiger partial charge in [-0.05, 0) is 43.0 Å². The Hall–Kier alpha value is -4.10. The number of carbonyl (C=O) groups is 1. The molecule has 0 saturated carbocycles. The average Bonchev–Trinajstić information content (AvgIpc) is 3.33. The van der Waals surface area contributed by atoms with Gasteiger partial charge in [-0.3, -0.25) is 4.57 Å². The van der Waals surface area contributed by atoms with E-state index in [0.29, 0.717) is 5.82 Å². The van der Waals surface area contributed by atoms with Crippen molar-refractivity contribution < 1.29 is 4.79 Å². The molecule has 2 amide bonds. The Morgan fingerprint density at radius 3 is 2.42 bits per heavy atom. The summed E-state index contributed by atoms with van der Waals surface area (Å²) in [7, 11) is 0. The van der Waals surface area contributed by atoms with Gasteiger partial charge in [-0.2, -0.15) is 0 Å². The van der Waals surface area contributed by atoms with Gasteiger partial charge in [-0.15, -0.1) is 10.2 Å². The van der Waals surface area contributed by atoms with Crippen LogP contribution in [0.4, 0.5) is 10.5 Å². The molecule has 0 aliphatic heterocycles. The third-order valence-electron chi connectivity index (χ3n) is 5.93. The lowest BCUT2D eigenvalue weighted by Crippen LogP contribution is -2.32. The molecule has 1 heterocycles. The first-order chi connectivity index (χ1) is 17.6. The molecule has 1 atom stereocenters. The van der Waals surface area contributed by atoms with Gasteiger partial charge in [0.25, 0.3) is 0 Å². The van der Waals surface area contributed by atoms with Gasteiger partial charge in [0.1, 0.15) is 0 Å². The number of carbonyl (C=O) groups excluding carboxylic acids is 1. The third-order valence-corrected chi connectivity index (χ3v) is 6.93. The van der Waals surface area contributed by atoms with E-state index >= 15 is 0 Å². The number of aromatic nitrogens is 3. The van der Waals surface area contributed by atoms with Gasteiger partial charge in [0.2, 0.25) is 0 Å². The first-order valence-corrected chi connectivity index (χ1v) is 12.8. The molecule has 4 aromatic carbocycles. The molecular weight excluding hydrogens is 466 g/mol. The molecule has 5 aromatic rings. The lowest BCUT2D eigenvalue weighted by molar-refractivity contribution is 0.249. The number of fused-ring (bicyclic) bond motifs is 1. The summed E-state index contributed by atoms with van der Waals surface area (Å²) in [4.78, 5) is 13.0. The first kappa shape index (κ1) is 23.6. The van der Waals surface area contributed by atoms with Crippen LogP contribution >= 0.6 is 11.8 Å². The zero-order chi connectivity index (χ0) is 24.9. The lowest BCUT2D eigenvalue weighted by atomic mass is 10.1. The van der Waals surface area contributed by atoms with E-state index in [2.05, 4.69) is 64.2 Å². The summed E-state index contributed by atoms with van der Waals surface area (Å²) < 4.78 is 2.02. The van der Waals surface area contributed by atoms with Crippen molar-refractivity contribution in [3.63, 3.8) is 0 Å². The second-order valence-corrected chi connectivity index (χ2v) is 9.58.